The summed E-state index contributed by atoms with van der Waals surface area (Å²) >= 11 is 0. The molecule has 0 aliphatic heterocycles. The Morgan fingerprint density at radius 2 is 2.24 bits per heavy atom. The van der Waals surface area contributed by atoms with Gasteiger partial charge >= 0.3 is 0 Å². The van der Waals surface area contributed by atoms with Crippen LogP contribution in [-0.4, -0.2) is 14.5 Å². The SMILES string of the molecule is CCC1CC1NS(=O)(=O)c1cccc(F)c1N. The largest absolute Gasteiger partial charge is 0.395 e. The molecule has 1 aliphatic rings. The van der Waals surface area contributed by atoms with Crippen molar-refractivity contribution in [3.63, 3.8) is 0 Å². The number of rotatable bonds is 4. The highest BCUT2D eigenvalue weighted by atomic mass is 32.2. The molecule has 1 fully saturated rings. The van der Waals surface area contributed by atoms with Crippen LogP contribution in [0.4, 0.5) is 10.1 Å². The molecule has 94 valence electrons. The minimum atomic E-state index is -3.71. The lowest BCUT2D eigenvalue weighted by Crippen LogP contribution is -2.28. The summed E-state index contributed by atoms with van der Waals surface area (Å²) in [5.74, 6) is -0.324. The van der Waals surface area contributed by atoms with Gasteiger partial charge in [-0.25, -0.2) is 17.5 Å². The Hall–Kier alpha value is -1.14. The predicted molar refractivity (Wildman–Crippen MR) is 63.3 cm³/mol. The Balaban J connectivity index is 2.23. The fourth-order valence-corrected chi connectivity index (χ4v) is 3.32. The number of nitrogens with two attached hydrogens (primary N) is 1. The van der Waals surface area contributed by atoms with Gasteiger partial charge in [0.25, 0.3) is 0 Å². The molecule has 0 heterocycles. The fraction of sp³-hybridized carbons (Fsp3) is 0.455. The summed E-state index contributed by atoms with van der Waals surface area (Å²) in [6, 6.07) is 3.75. The molecule has 4 nitrogen and oxygen atoms in total. The molecular formula is C11H15FN2O2S. The van der Waals surface area contributed by atoms with Crippen molar-refractivity contribution in [1.29, 1.82) is 0 Å². The molecule has 17 heavy (non-hydrogen) atoms. The maximum atomic E-state index is 13.2. The normalized spacial score (nSPS) is 23.6. The molecule has 2 rings (SSSR count). The molecule has 1 aliphatic carbocycles. The zero-order chi connectivity index (χ0) is 12.6. The summed E-state index contributed by atoms with van der Waals surface area (Å²) in [5.41, 5.74) is 5.11. The average Bonchev–Trinajstić information content (AvgIpc) is 2.99. The standard InChI is InChI=1S/C11H15FN2O2S/c1-2-7-6-9(7)14-17(15,16)10-5-3-4-8(12)11(10)13/h3-5,7,9,14H,2,6,13H2,1H3. The Labute approximate surface area is 100 Å². The Morgan fingerprint density at radius 1 is 1.53 bits per heavy atom. The summed E-state index contributed by atoms with van der Waals surface area (Å²) < 4.78 is 39.6. The second-order valence-electron chi connectivity index (χ2n) is 4.28. The lowest BCUT2D eigenvalue weighted by atomic mass is 10.3. The van der Waals surface area contributed by atoms with Crippen LogP contribution in [0.3, 0.4) is 0 Å². The molecule has 2 unspecified atom stereocenters. The van der Waals surface area contributed by atoms with Crippen LogP contribution in [0.5, 0.6) is 0 Å². The van der Waals surface area contributed by atoms with Crippen molar-refractivity contribution in [1.82, 2.24) is 4.72 Å². The second-order valence-corrected chi connectivity index (χ2v) is 5.97. The third-order valence-corrected chi connectivity index (χ3v) is 4.60. The predicted octanol–water partition coefficient (Wildman–Crippen LogP) is 1.48. The van der Waals surface area contributed by atoms with Crippen LogP contribution in [0.25, 0.3) is 0 Å². The van der Waals surface area contributed by atoms with Crippen LogP contribution in [0, 0.1) is 11.7 Å². The summed E-state index contributed by atoms with van der Waals surface area (Å²) in [7, 11) is -3.71. The van der Waals surface area contributed by atoms with Crippen LogP contribution in [0.2, 0.25) is 0 Å². The van der Waals surface area contributed by atoms with E-state index in [1.54, 1.807) is 0 Å². The van der Waals surface area contributed by atoms with Gasteiger partial charge in [-0.2, -0.15) is 0 Å². The van der Waals surface area contributed by atoms with Crippen molar-refractivity contribution in [2.45, 2.75) is 30.7 Å². The van der Waals surface area contributed by atoms with Crippen LogP contribution in [0.1, 0.15) is 19.8 Å². The average molecular weight is 258 g/mol. The van der Waals surface area contributed by atoms with Crippen molar-refractivity contribution >= 4 is 15.7 Å². The third-order valence-electron chi connectivity index (χ3n) is 3.06. The molecular weight excluding hydrogens is 243 g/mol. The first-order valence-electron chi connectivity index (χ1n) is 5.52. The van der Waals surface area contributed by atoms with E-state index in [0.717, 1.165) is 18.9 Å². The molecule has 0 amide bonds. The van der Waals surface area contributed by atoms with E-state index < -0.39 is 15.8 Å². The van der Waals surface area contributed by atoms with Crippen molar-refractivity contribution in [2.75, 3.05) is 5.73 Å². The molecule has 1 aromatic rings. The van der Waals surface area contributed by atoms with Gasteiger partial charge in [0, 0.05) is 6.04 Å². The zero-order valence-corrected chi connectivity index (χ0v) is 10.3. The first-order chi connectivity index (χ1) is 7.95. The van der Waals surface area contributed by atoms with E-state index in [2.05, 4.69) is 4.72 Å². The Bertz CT molecular complexity index is 530. The lowest BCUT2D eigenvalue weighted by molar-refractivity contribution is 0.573. The van der Waals surface area contributed by atoms with E-state index in [1.807, 2.05) is 6.92 Å². The lowest BCUT2D eigenvalue weighted by Gasteiger charge is -2.09. The molecule has 6 heteroatoms. The van der Waals surface area contributed by atoms with Gasteiger partial charge in [0.05, 0.1) is 5.69 Å². The summed E-state index contributed by atoms with van der Waals surface area (Å²) in [6.45, 7) is 2.01. The molecule has 0 aromatic heterocycles. The van der Waals surface area contributed by atoms with Crippen LogP contribution < -0.4 is 10.5 Å². The molecule has 0 radical (unpaired) electrons. The van der Waals surface area contributed by atoms with Gasteiger partial charge < -0.3 is 5.73 Å². The van der Waals surface area contributed by atoms with Gasteiger partial charge in [-0.3, -0.25) is 0 Å². The highest BCUT2D eigenvalue weighted by Gasteiger charge is 2.39. The third kappa shape index (κ3) is 2.42. The van der Waals surface area contributed by atoms with Crippen LogP contribution in [0.15, 0.2) is 23.1 Å². The first-order valence-corrected chi connectivity index (χ1v) is 7.00. The van der Waals surface area contributed by atoms with Gasteiger partial charge in [0.2, 0.25) is 10.0 Å². The van der Waals surface area contributed by atoms with Crippen molar-refractivity contribution in [2.24, 2.45) is 5.92 Å². The summed E-state index contributed by atoms with van der Waals surface area (Å²) in [5, 5.41) is 0. The van der Waals surface area contributed by atoms with E-state index in [4.69, 9.17) is 5.73 Å². The van der Waals surface area contributed by atoms with E-state index in [0.29, 0.717) is 5.92 Å². The maximum Gasteiger partial charge on any atom is 0.242 e. The number of nitrogens with one attached hydrogen (secondary N) is 1. The van der Waals surface area contributed by atoms with Crippen molar-refractivity contribution in [3.8, 4) is 0 Å². The zero-order valence-electron chi connectivity index (χ0n) is 9.48. The number of hydrogen-bond acceptors (Lipinski definition) is 3. The van der Waals surface area contributed by atoms with Crippen LogP contribution >= 0.6 is 0 Å². The molecule has 0 spiro atoms. The number of anilines is 1. The highest BCUT2D eigenvalue weighted by molar-refractivity contribution is 7.89. The van der Waals surface area contributed by atoms with Gasteiger partial charge in [-0.05, 0) is 24.5 Å². The fourth-order valence-electron chi connectivity index (χ4n) is 1.86. The number of hydrogen-bond donors (Lipinski definition) is 2. The maximum absolute atomic E-state index is 13.2. The Kier molecular flexibility index (Phi) is 3.09. The first kappa shape index (κ1) is 12.3. The van der Waals surface area contributed by atoms with Gasteiger partial charge in [-0.1, -0.05) is 19.4 Å². The smallest absolute Gasteiger partial charge is 0.242 e. The van der Waals surface area contributed by atoms with E-state index >= 15 is 0 Å². The number of nitrogen functional groups attached to an aromatic ring is 1. The summed E-state index contributed by atoms with van der Waals surface area (Å²) in [6.07, 6.45) is 1.77. The van der Waals surface area contributed by atoms with Crippen molar-refractivity contribution in [3.05, 3.63) is 24.0 Å². The second kappa shape index (κ2) is 4.27. The number of halogens is 1. The summed E-state index contributed by atoms with van der Waals surface area (Å²) in [4.78, 5) is -0.181. The molecule has 1 aromatic carbocycles. The number of benzene rings is 1. The van der Waals surface area contributed by atoms with Gasteiger partial charge in [-0.15, -0.1) is 0 Å². The number of para-hydroxylation sites is 1. The topological polar surface area (TPSA) is 72.2 Å². The molecule has 2 atom stereocenters. The quantitative estimate of drug-likeness (QED) is 0.804. The highest BCUT2D eigenvalue weighted by Crippen LogP contribution is 2.35. The van der Waals surface area contributed by atoms with Crippen molar-refractivity contribution < 1.29 is 12.8 Å². The Morgan fingerprint density at radius 3 is 2.82 bits per heavy atom. The minimum absolute atomic E-state index is 0.0346. The van der Waals surface area contributed by atoms with E-state index in [1.165, 1.54) is 12.1 Å². The van der Waals surface area contributed by atoms with E-state index in [-0.39, 0.29) is 16.6 Å². The monoisotopic (exact) mass is 258 g/mol. The molecule has 0 saturated heterocycles. The van der Waals surface area contributed by atoms with Gasteiger partial charge in [0.15, 0.2) is 0 Å². The minimum Gasteiger partial charge on any atom is -0.395 e. The van der Waals surface area contributed by atoms with Gasteiger partial charge in [0.1, 0.15) is 10.7 Å². The van der Waals surface area contributed by atoms with Crippen LogP contribution in [-0.2, 0) is 10.0 Å². The van der Waals surface area contributed by atoms with E-state index in [9.17, 15) is 12.8 Å². The molecule has 1 saturated carbocycles. The number of sulfonamides is 1. The molecule has 0 bridgehead atoms. The molecule has 3 N–H and O–H groups in total.